The van der Waals surface area contributed by atoms with Crippen LogP contribution in [0, 0.1) is 0 Å². The van der Waals surface area contributed by atoms with Crippen LogP contribution in [0.15, 0.2) is 0 Å². The molecule has 0 aliphatic rings. The summed E-state index contributed by atoms with van der Waals surface area (Å²) in [4.78, 5) is 0. The van der Waals surface area contributed by atoms with Gasteiger partial charge in [-0.15, -0.1) is 0 Å². The summed E-state index contributed by atoms with van der Waals surface area (Å²) in [7, 11) is 15.0. The maximum atomic E-state index is 4.99. The van der Waals surface area contributed by atoms with Crippen molar-refractivity contribution in [1.82, 2.24) is 0 Å². The maximum absolute atomic E-state index is 4.99. The van der Waals surface area contributed by atoms with E-state index >= 15 is 0 Å². The molecule has 6 heteroatoms. The van der Waals surface area contributed by atoms with Gasteiger partial charge in [0.25, 0.3) is 0 Å². The zero-order valence-electron chi connectivity index (χ0n) is 2.71. The van der Waals surface area contributed by atoms with Gasteiger partial charge in [0.05, 0.1) is 0 Å². The molecular formula is H4Cl3GaO2. The van der Waals surface area contributed by atoms with Gasteiger partial charge in [-0.05, 0) is 0 Å². The predicted molar refractivity (Wildman–Crippen MR) is 30.5 cm³/mol. The van der Waals surface area contributed by atoms with Crippen LogP contribution < -0.4 is 0 Å². The van der Waals surface area contributed by atoms with E-state index in [9.17, 15) is 0 Å². The summed E-state index contributed by atoms with van der Waals surface area (Å²) in [5.41, 5.74) is 0. The molecule has 0 aromatic rings. The molecule has 0 saturated carbocycles. The Morgan fingerprint density at radius 3 is 0.833 bits per heavy atom. The molecule has 0 bridgehead atoms. The molecule has 2 nitrogen and oxygen atoms in total. The van der Waals surface area contributed by atoms with Crippen molar-refractivity contribution >= 4 is 42.1 Å². The van der Waals surface area contributed by atoms with Crippen LogP contribution in [0.3, 0.4) is 0 Å². The van der Waals surface area contributed by atoms with E-state index in [1.54, 1.807) is 0 Å². The van der Waals surface area contributed by atoms with Gasteiger partial charge in [0.1, 0.15) is 0 Å². The van der Waals surface area contributed by atoms with Crippen LogP contribution in [0.5, 0.6) is 0 Å². The summed E-state index contributed by atoms with van der Waals surface area (Å²) >= 11 is -2.06. The summed E-state index contributed by atoms with van der Waals surface area (Å²) in [6.45, 7) is 0. The van der Waals surface area contributed by atoms with E-state index < -0.39 is 13.2 Å². The van der Waals surface area contributed by atoms with Crippen LogP contribution in [0.1, 0.15) is 0 Å². The number of hydrogen-bond donors (Lipinski definition) is 0. The van der Waals surface area contributed by atoms with Crippen molar-refractivity contribution in [3.8, 4) is 0 Å². The first-order valence-corrected chi connectivity index (χ1v) is 10.2. The Morgan fingerprint density at radius 1 is 0.833 bits per heavy atom. The zero-order valence-corrected chi connectivity index (χ0v) is 7.40. The van der Waals surface area contributed by atoms with Gasteiger partial charge in [-0.3, -0.25) is 0 Å². The number of rotatable bonds is 0. The second-order valence-corrected chi connectivity index (χ2v) is 11.6. The summed E-state index contributed by atoms with van der Waals surface area (Å²) in [5, 5.41) is 0. The van der Waals surface area contributed by atoms with E-state index in [2.05, 4.69) is 0 Å². The van der Waals surface area contributed by atoms with Crippen molar-refractivity contribution in [2.45, 2.75) is 0 Å². The molecule has 0 heterocycles. The van der Waals surface area contributed by atoms with Crippen LogP contribution >= 0.6 is 28.9 Å². The average Bonchev–Trinajstić information content (AvgIpc) is 0.811. The first-order chi connectivity index (χ1) is 1.73. The molecule has 0 atom stereocenters. The monoisotopic (exact) mass is 210 g/mol. The van der Waals surface area contributed by atoms with Crippen molar-refractivity contribution in [2.24, 2.45) is 0 Å². The Kier molecular flexibility index (Phi) is 25.2. The molecule has 4 N–H and O–H groups in total. The van der Waals surface area contributed by atoms with E-state index in [-0.39, 0.29) is 11.0 Å². The molecule has 0 unspecified atom stereocenters. The Bertz CT molecular complexity index is 13.5. The first kappa shape index (κ1) is 15.7. The van der Waals surface area contributed by atoms with Crippen molar-refractivity contribution in [2.75, 3.05) is 0 Å². The van der Waals surface area contributed by atoms with Gasteiger partial charge in [-0.25, -0.2) is 0 Å². The van der Waals surface area contributed by atoms with Gasteiger partial charge >= 0.3 is 42.1 Å². The van der Waals surface area contributed by atoms with E-state index in [4.69, 9.17) is 28.9 Å². The van der Waals surface area contributed by atoms with E-state index in [0.29, 0.717) is 0 Å². The third-order valence-electron chi connectivity index (χ3n) is 0. The molecule has 0 amide bonds. The quantitative estimate of drug-likeness (QED) is 0.509. The standard InChI is InChI=1S/3ClH.Ga.2H2O/h3*1H;;2*1H2/q;;;+3;;/p-3. The van der Waals surface area contributed by atoms with Crippen LogP contribution in [-0.4, -0.2) is 24.2 Å². The third-order valence-corrected chi connectivity index (χ3v) is 0. The fourth-order valence-corrected chi connectivity index (χ4v) is 0. The second kappa shape index (κ2) is 9.66. The van der Waals surface area contributed by atoms with E-state index in [1.165, 1.54) is 0 Å². The predicted octanol–water partition coefficient (Wildman–Crippen LogP) is 0.0383. The third kappa shape index (κ3) is 52.3. The molecule has 0 aliphatic heterocycles. The average molecular weight is 212 g/mol. The molecule has 0 spiro atoms. The SMILES string of the molecule is O.O.[Cl][Ga]([Cl])[Cl]. The van der Waals surface area contributed by atoms with Crippen LogP contribution in [0.25, 0.3) is 0 Å². The van der Waals surface area contributed by atoms with E-state index in [1.807, 2.05) is 0 Å². The van der Waals surface area contributed by atoms with Crippen molar-refractivity contribution < 1.29 is 11.0 Å². The van der Waals surface area contributed by atoms with Gasteiger partial charge in [-0.1, -0.05) is 0 Å². The summed E-state index contributed by atoms with van der Waals surface area (Å²) in [6, 6.07) is 0. The van der Waals surface area contributed by atoms with Crippen molar-refractivity contribution in [3.63, 3.8) is 0 Å². The Balaban J connectivity index is -0.0000000450. The van der Waals surface area contributed by atoms with Gasteiger partial charge in [0.15, 0.2) is 0 Å². The summed E-state index contributed by atoms with van der Waals surface area (Å²) < 4.78 is 0. The molecule has 0 aliphatic carbocycles. The Hall–Kier alpha value is 1.43. The molecule has 0 rings (SSSR count). The molecule has 0 radical (unpaired) electrons. The summed E-state index contributed by atoms with van der Waals surface area (Å²) in [6.07, 6.45) is 0. The van der Waals surface area contributed by atoms with Crippen molar-refractivity contribution in [1.29, 1.82) is 0 Å². The fraction of sp³-hybridized carbons (Fsp3) is 0. The van der Waals surface area contributed by atoms with E-state index in [0.717, 1.165) is 0 Å². The van der Waals surface area contributed by atoms with Crippen molar-refractivity contribution in [3.05, 3.63) is 0 Å². The van der Waals surface area contributed by atoms with Gasteiger partial charge in [0.2, 0.25) is 0 Å². The topological polar surface area (TPSA) is 63.0 Å². The summed E-state index contributed by atoms with van der Waals surface area (Å²) in [5.74, 6) is 0. The molecular weight excluding hydrogens is 208 g/mol. The fourth-order valence-electron chi connectivity index (χ4n) is 0. The van der Waals surface area contributed by atoms with Gasteiger partial charge in [-0.2, -0.15) is 0 Å². The minimum atomic E-state index is -2.06. The molecule has 6 heavy (non-hydrogen) atoms. The molecule has 0 aromatic carbocycles. The number of hydrogen-bond acceptors (Lipinski definition) is 0. The van der Waals surface area contributed by atoms with Crippen LogP contribution in [-0.2, 0) is 0 Å². The number of halogens is 3. The molecule has 0 fully saturated rings. The van der Waals surface area contributed by atoms with Gasteiger partial charge in [0, 0.05) is 0 Å². The Labute approximate surface area is 53.1 Å². The molecule has 0 saturated heterocycles. The Morgan fingerprint density at radius 2 is 0.833 bits per heavy atom. The molecule has 40 valence electrons. The molecule has 0 aromatic heterocycles. The minimum absolute atomic E-state index is 0. The first-order valence-electron chi connectivity index (χ1n) is 0.655. The zero-order chi connectivity index (χ0) is 3.58. The second-order valence-electron chi connectivity index (χ2n) is 0.247. The van der Waals surface area contributed by atoms with Crippen LogP contribution in [0.2, 0.25) is 0 Å². The normalized spacial score (nSPS) is 4.50. The van der Waals surface area contributed by atoms with Crippen LogP contribution in [0.4, 0.5) is 0 Å². The van der Waals surface area contributed by atoms with Gasteiger partial charge < -0.3 is 11.0 Å².